The van der Waals surface area contributed by atoms with E-state index < -0.39 is 11.7 Å². The van der Waals surface area contributed by atoms with Crippen molar-refractivity contribution in [3.63, 3.8) is 0 Å². The third kappa shape index (κ3) is 4.57. The number of benzene rings is 1. The van der Waals surface area contributed by atoms with Crippen molar-refractivity contribution in [2.75, 3.05) is 11.1 Å². The summed E-state index contributed by atoms with van der Waals surface area (Å²) in [5.74, 6) is -1.01. The molecule has 0 aliphatic heterocycles. The Morgan fingerprint density at radius 3 is 2.91 bits per heavy atom. The van der Waals surface area contributed by atoms with Gasteiger partial charge in [-0.1, -0.05) is 30.3 Å². The highest BCUT2D eigenvalue weighted by Crippen LogP contribution is 2.19. The molecule has 0 spiro atoms. The van der Waals surface area contributed by atoms with Gasteiger partial charge in [0.2, 0.25) is 5.91 Å². The van der Waals surface area contributed by atoms with Gasteiger partial charge in [0.15, 0.2) is 5.16 Å². The number of nitrogens with zero attached hydrogens (tertiary/aromatic N) is 1. The number of aromatic amines is 1. The van der Waals surface area contributed by atoms with Crippen LogP contribution < -0.4 is 10.9 Å². The minimum absolute atomic E-state index is 0.00181. The number of aromatic nitrogens is 2. The molecule has 2 rings (SSSR count). The number of aryl methyl sites for hydroxylation is 1. The van der Waals surface area contributed by atoms with Crippen molar-refractivity contribution >= 4 is 35.0 Å². The van der Waals surface area contributed by atoms with E-state index in [9.17, 15) is 14.0 Å². The van der Waals surface area contributed by atoms with Crippen LogP contribution in [0.1, 0.15) is 12.6 Å². The number of rotatable bonds is 5. The molecule has 5 nitrogen and oxygen atoms in total. The fraction of sp³-hybridized carbons (Fsp3) is 0.214. The Kier molecular flexibility index (Phi) is 5.57. The first-order chi connectivity index (χ1) is 10.5. The lowest BCUT2D eigenvalue weighted by molar-refractivity contribution is -0.113. The number of halogens is 2. The normalized spacial score (nSPS) is 10.5. The van der Waals surface area contributed by atoms with Crippen molar-refractivity contribution in [1.29, 1.82) is 0 Å². The number of H-pyrrole nitrogens is 1. The highest BCUT2D eigenvalue weighted by Gasteiger charge is 2.09. The van der Waals surface area contributed by atoms with Crippen molar-refractivity contribution in [3.05, 3.63) is 51.2 Å². The van der Waals surface area contributed by atoms with E-state index in [-0.39, 0.29) is 22.0 Å². The second-order valence-electron chi connectivity index (χ2n) is 4.36. The minimum atomic E-state index is -0.606. The highest BCUT2D eigenvalue weighted by molar-refractivity contribution is 7.99. The molecule has 0 atom stereocenters. The second kappa shape index (κ2) is 7.42. The van der Waals surface area contributed by atoms with Crippen molar-refractivity contribution < 1.29 is 9.18 Å². The Labute approximate surface area is 135 Å². The molecule has 0 fully saturated rings. The fourth-order valence-corrected chi connectivity index (χ4v) is 2.50. The van der Waals surface area contributed by atoms with Crippen LogP contribution in [0.15, 0.2) is 34.2 Å². The van der Waals surface area contributed by atoms with Gasteiger partial charge in [0.25, 0.3) is 5.56 Å². The molecule has 22 heavy (non-hydrogen) atoms. The van der Waals surface area contributed by atoms with Gasteiger partial charge >= 0.3 is 0 Å². The predicted octanol–water partition coefficient (Wildman–Crippen LogP) is 2.86. The summed E-state index contributed by atoms with van der Waals surface area (Å²) in [4.78, 5) is 30.0. The number of carbonyl (C=O) groups excluding carboxylic acids is 1. The molecule has 1 aromatic carbocycles. The molecular weight excluding hydrogens is 329 g/mol. The van der Waals surface area contributed by atoms with Gasteiger partial charge in [0.1, 0.15) is 5.82 Å². The number of anilines is 1. The summed E-state index contributed by atoms with van der Waals surface area (Å²) >= 11 is 6.71. The van der Waals surface area contributed by atoms with Crippen LogP contribution in [0.5, 0.6) is 0 Å². The summed E-state index contributed by atoms with van der Waals surface area (Å²) in [6, 6.07) is 5.40. The van der Waals surface area contributed by atoms with Crippen LogP contribution >= 0.6 is 23.4 Å². The van der Waals surface area contributed by atoms with Crippen LogP contribution in [-0.2, 0) is 11.2 Å². The fourth-order valence-electron chi connectivity index (χ4n) is 1.64. The molecule has 2 N–H and O–H groups in total. The van der Waals surface area contributed by atoms with Crippen LogP contribution in [0, 0.1) is 5.82 Å². The van der Waals surface area contributed by atoms with E-state index in [1.807, 2.05) is 6.92 Å². The summed E-state index contributed by atoms with van der Waals surface area (Å²) in [7, 11) is 0. The summed E-state index contributed by atoms with van der Waals surface area (Å²) in [6.07, 6.45) is 0.625. The van der Waals surface area contributed by atoms with Gasteiger partial charge in [-0.15, -0.1) is 0 Å². The zero-order chi connectivity index (χ0) is 16.1. The van der Waals surface area contributed by atoms with Crippen molar-refractivity contribution in [3.8, 4) is 0 Å². The first-order valence-electron chi connectivity index (χ1n) is 6.46. The number of thioether (sulfide) groups is 1. The van der Waals surface area contributed by atoms with Crippen LogP contribution in [0.4, 0.5) is 10.1 Å². The van der Waals surface area contributed by atoms with E-state index in [1.54, 1.807) is 0 Å². The number of hydrogen-bond donors (Lipinski definition) is 2. The van der Waals surface area contributed by atoms with Gasteiger partial charge in [-0.05, 0) is 24.6 Å². The maximum Gasteiger partial charge on any atom is 0.251 e. The molecule has 0 unspecified atom stereocenters. The second-order valence-corrected chi connectivity index (χ2v) is 5.76. The minimum Gasteiger partial charge on any atom is -0.323 e. The molecule has 0 radical (unpaired) electrons. The van der Waals surface area contributed by atoms with Crippen molar-refractivity contribution in [1.82, 2.24) is 9.97 Å². The lowest BCUT2D eigenvalue weighted by atomic mass is 10.3. The smallest absolute Gasteiger partial charge is 0.251 e. The predicted molar refractivity (Wildman–Crippen MR) is 85.0 cm³/mol. The Morgan fingerprint density at radius 2 is 2.23 bits per heavy atom. The van der Waals surface area contributed by atoms with Gasteiger partial charge in [-0.3, -0.25) is 9.59 Å². The molecule has 0 saturated carbocycles. The first kappa shape index (κ1) is 16.5. The van der Waals surface area contributed by atoms with Crippen molar-refractivity contribution in [2.45, 2.75) is 18.5 Å². The molecule has 0 saturated heterocycles. The molecule has 0 bridgehead atoms. The van der Waals surface area contributed by atoms with Crippen LogP contribution in [-0.4, -0.2) is 21.6 Å². The van der Waals surface area contributed by atoms with E-state index in [0.717, 1.165) is 17.8 Å². The van der Waals surface area contributed by atoms with E-state index >= 15 is 0 Å². The average molecular weight is 342 g/mol. The molecule has 1 heterocycles. The number of nitrogens with one attached hydrogen (secondary N) is 2. The van der Waals surface area contributed by atoms with Gasteiger partial charge < -0.3 is 10.3 Å². The van der Waals surface area contributed by atoms with Crippen LogP contribution in [0.2, 0.25) is 5.02 Å². The van der Waals surface area contributed by atoms with E-state index in [2.05, 4.69) is 15.3 Å². The number of carbonyl (C=O) groups is 1. The molecule has 1 aromatic heterocycles. The van der Waals surface area contributed by atoms with E-state index in [0.29, 0.717) is 17.3 Å². The largest absolute Gasteiger partial charge is 0.323 e. The van der Waals surface area contributed by atoms with Crippen LogP contribution in [0.25, 0.3) is 0 Å². The Balaban J connectivity index is 1.98. The molecule has 116 valence electrons. The summed E-state index contributed by atoms with van der Waals surface area (Å²) in [5, 5.41) is 3.05. The van der Waals surface area contributed by atoms with Gasteiger partial charge in [0.05, 0.1) is 11.4 Å². The first-order valence-corrected chi connectivity index (χ1v) is 7.82. The number of hydrogen-bond acceptors (Lipinski definition) is 4. The molecule has 2 aromatic rings. The summed E-state index contributed by atoms with van der Waals surface area (Å²) < 4.78 is 13.6. The zero-order valence-electron chi connectivity index (χ0n) is 11.7. The van der Waals surface area contributed by atoms with Gasteiger partial charge in [-0.2, -0.15) is 0 Å². The van der Waals surface area contributed by atoms with E-state index in [4.69, 9.17) is 11.6 Å². The van der Waals surface area contributed by atoms with Crippen LogP contribution in [0.3, 0.4) is 0 Å². The highest BCUT2D eigenvalue weighted by atomic mass is 35.5. The summed E-state index contributed by atoms with van der Waals surface area (Å²) in [6.45, 7) is 1.88. The maximum absolute atomic E-state index is 13.6. The maximum atomic E-state index is 13.6. The average Bonchev–Trinajstić information content (AvgIpc) is 2.47. The topological polar surface area (TPSA) is 74.8 Å². The Morgan fingerprint density at radius 1 is 1.45 bits per heavy atom. The zero-order valence-corrected chi connectivity index (χ0v) is 13.2. The number of amides is 1. The molecule has 8 heteroatoms. The molecule has 1 amide bonds. The van der Waals surface area contributed by atoms with Gasteiger partial charge in [0, 0.05) is 16.8 Å². The summed E-state index contributed by atoms with van der Waals surface area (Å²) in [5.41, 5.74) is 0.438. The third-order valence-electron chi connectivity index (χ3n) is 2.68. The Bertz CT molecular complexity index is 751. The van der Waals surface area contributed by atoms with E-state index in [1.165, 1.54) is 18.2 Å². The molecule has 0 aliphatic rings. The monoisotopic (exact) mass is 341 g/mol. The standard InChI is InChI=1S/C14H13ClFN3O2S/c1-2-9-6-12(20)19-14(17-9)22-7-13(21)18-11-4-3-8(15)5-10(11)16/h3-6H,2,7H2,1H3,(H,18,21)(H,17,19,20). The lowest BCUT2D eigenvalue weighted by Gasteiger charge is -2.06. The SMILES string of the molecule is CCc1cc(=O)[nH]c(SCC(=O)Nc2ccc(Cl)cc2F)n1. The lowest BCUT2D eigenvalue weighted by Crippen LogP contribution is -2.16. The Hall–Kier alpha value is -1.86. The van der Waals surface area contributed by atoms with Crippen molar-refractivity contribution in [2.24, 2.45) is 0 Å². The third-order valence-corrected chi connectivity index (χ3v) is 3.79. The quantitative estimate of drug-likeness (QED) is 0.647. The van der Waals surface area contributed by atoms with Gasteiger partial charge in [-0.25, -0.2) is 9.37 Å². The molecular formula is C14H13ClFN3O2S. The molecule has 0 aliphatic carbocycles.